The summed E-state index contributed by atoms with van der Waals surface area (Å²) in [4.78, 5) is 0. The fraction of sp³-hybridized carbons (Fsp3) is 0.364. The highest BCUT2D eigenvalue weighted by molar-refractivity contribution is 5.89. The fourth-order valence-electron chi connectivity index (χ4n) is 6.25. The van der Waals surface area contributed by atoms with Gasteiger partial charge in [-0.05, 0) is 54.6 Å². The molecule has 1 aliphatic heterocycles. The molecule has 0 amide bonds. The molecule has 5 atom stereocenters. The van der Waals surface area contributed by atoms with Crippen molar-refractivity contribution in [2.24, 2.45) is 17.8 Å². The number of nitrogens with one attached hydrogen (secondary N) is 2. The summed E-state index contributed by atoms with van der Waals surface area (Å²) in [7, 11) is 0. The van der Waals surface area contributed by atoms with Crippen molar-refractivity contribution in [3.8, 4) is 6.07 Å². The standard InChI is InChI=1S/C22H17F3N4/c23-14-5-15(24)12(4-11(14)7-26)21-19-10-2-1-9(3-10)18(19)20-13-8-27-29-17(13)6-16(25)22(20)28-21/h4-6,8-10,18-19,21,28H,1-3H2,(H,27,29)/t9-,10-,18+,19-,21+/m1/s1. The summed E-state index contributed by atoms with van der Waals surface area (Å²) >= 11 is 0. The summed E-state index contributed by atoms with van der Waals surface area (Å²) in [5.41, 5.74) is 2.00. The summed E-state index contributed by atoms with van der Waals surface area (Å²) in [6.45, 7) is 0. The Labute approximate surface area is 164 Å². The van der Waals surface area contributed by atoms with Crippen LogP contribution in [0.15, 0.2) is 24.4 Å². The number of aromatic nitrogens is 2. The molecule has 2 fully saturated rings. The zero-order valence-electron chi connectivity index (χ0n) is 15.3. The Balaban J connectivity index is 1.59. The number of hydrogen-bond donors (Lipinski definition) is 2. The molecule has 4 nitrogen and oxygen atoms in total. The van der Waals surface area contributed by atoms with Crippen molar-refractivity contribution >= 4 is 16.6 Å². The van der Waals surface area contributed by atoms with Crippen LogP contribution < -0.4 is 5.32 Å². The van der Waals surface area contributed by atoms with E-state index in [1.54, 1.807) is 12.3 Å². The van der Waals surface area contributed by atoms with Crippen LogP contribution in [0, 0.1) is 46.5 Å². The highest BCUT2D eigenvalue weighted by Crippen LogP contribution is 2.65. The Morgan fingerprint density at radius 3 is 2.69 bits per heavy atom. The lowest BCUT2D eigenvalue weighted by Crippen LogP contribution is -2.36. The van der Waals surface area contributed by atoms with E-state index in [9.17, 15) is 14.0 Å². The molecule has 2 aliphatic carbocycles. The molecule has 2 heterocycles. The number of hydrogen-bond acceptors (Lipinski definition) is 3. The molecular weight excluding hydrogens is 377 g/mol. The van der Waals surface area contributed by atoms with Gasteiger partial charge in [0.05, 0.1) is 29.0 Å². The average molecular weight is 394 g/mol. The number of nitrogens with zero attached hydrogens (tertiary/aromatic N) is 2. The second-order valence-electron chi connectivity index (χ2n) is 8.50. The van der Waals surface area contributed by atoms with Gasteiger partial charge in [0.15, 0.2) is 0 Å². The van der Waals surface area contributed by atoms with Crippen LogP contribution in [0.5, 0.6) is 0 Å². The van der Waals surface area contributed by atoms with Crippen LogP contribution in [0.1, 0.15) is 47.9 Å². The van der Waals surface area contributed by atoms with Gasteiger partial charge < -0.3 is 5.32 Å². The lowest BCUT2D eigenvalue weighted by atomic mass is 9.67. The van der Waals surface area contributed by atoms with Crippen LogP contribution in [-0.4, -0.2) is 10.2 Å². The molecule has 3 aromatic rings. The lowest BCUT2D eigenvalue weighted by molar-refractivity contribution is 0.244. The van der Waals surface area contributed by atoms with Crippen molar-refractivity contribution in [3.63, 3.8) is 0 Å². The smallest absolute Gasteiger partial charge is 0.148 e. The second kappa shape index (κ2) is 5.76. The third-order valence-corrected chi connectivity index (χ3v) is 7.28. The molecule has 7 heteroatoms. The first-order valence-corrected chi connectivity index (χ1v) is 9.88. The topological polar surface area (TPSA) is 64.5 Å². The normalized spacial score (nSPS) is 29.4. The summed E-state index contributed by atoms with van der Waals surface area (Å²) < 4.78 is 43.8. The van der Waals surface area contributed by atoms with Gasteiger partial charge in [0.2, 0.25) is 0 Å². The minimum absolute atomic E-state index is 0.0626. The zero-order valence-corrected chi connectivity index (χ0v) is 15.3. The van der Waals surface area contributed by atoms with Crippen LogP contribution >= 0.6 is 0 Å². The zero-order chi connectivity index (χ0) is 19.9. The van der Waals surface area contributed by atoms with E-state index >= 15 is 4.39 Å². The number of H-pyrrole nitrogens is 1. The summed E-state index contributed by atoms with van der Waals surface area (Å²) in [6.07, 6.45) is 4.88. The van der Waals surface area contributed by atoms with E-state index in [2.05, 4.69) is 15.5 Å². The fourth-order valence-corrected chi connectivity index (χ4v) is 6.25. The Morgan fingerprint density at radius 1 is 1.03 bits per heavy atom. The molecule has 0 unspecified atom stereocenters. The van der Waals surface area contributed by atoms with E-state index < -0.39 is 23.5 Å². The van der Waals surface area contributed by atoms with Crippen molar-refractivity contribution in [1.82, 2.24) is 10.2 Å². The van der Waals surface area contributed by atoms with E-state index in [0.717, 1.165) is 36.3 Å². The van der Waals surface area contributed by atoms with Crippen molar-refractivity contribution in [1.29, 1.82) is 5.26 Å². The molecule has 146 valence electrons. The quantitative estimate of drug-likeness (QED) is 0.600. The van der Waals surface area contributed by atoms with Crippen molar-refractivity contribution in [2.75, 3.05) is 5.32 Å². The first kappa shape index (κ1) is 16.9. The Morgan fingerprint density at radius 2 is 1.86 bits per heavy atom. The SMILES string of the molecule is N#Cc1cc([C@@H]2Nc3c(F)cc4[nH]ncc4c3[C@H]3[C@@H]4CC[C@H](C4)[C@H]32)c(F)cc1F. The maximum Gasteiger partial charge on any atom is 0.148 e. The average Bonchev–Trinajstić information content (AvgIpc) is 3.44. The van der Waals surface area contributed by atoms with Crippen molar-refractivity contribution < 1.29 is 13.2 Å². The van der Waals surface area contributed by atoms with Gasteiger partial charge in [-0.1, -0.05) is 0 Å². The highest BCUT2D eigenvalue weighted by Gasteiger charge is 2.55. The van der Waals surface area contributed by atoms with Crippen LogP contribution in [0.4, 0.5) is 18.9 Å². The van der Waals surface area contributed by atoms with Gasteiger partial charge in [0.25, 0.3) is 0 Å². The molecule has 29 heavy (non-hydrogen) atoms. The predicted molar refractivity (Wildman–Crippen MR) is 101 cm³/mol. The number of nitriles is 1. The molecule has 0 saturated heterocycles. The molecule has 6 rings (SSSR count). The van der Waals surface area contributed by atoms with Gasteiger partial charge >= 0.3 is 0 Å². The van der Waals surface area contributed by atoms with E-state index in [4.69, 9.17) is 0 Å². The molecule has 2 bridgehead atoms. The number of benzene rings is 2. The molecule has 2 N–H and O–H groups in total. The van der Waals surface area contributed by atoms with Gasteiger partial charge in [-0.3, -0.25) is 5.10 Å². The molecule has 2 aromatic carbocycles. The van der Waals surface area contributed by atoms with Gasteiger partial charge in [-0.25, -0.2) is 13.2 Å². The van der Waals surface area contributed by atoms with E-state index in [-0.39, 0.29) is 23.0 Å². The third kappa shape index (κ3) is 2.17. The second-order valence-corrected chi connectivity index (χ2v) is 8.50. The first-order chi connectivity index (χ1) is 14.1. The van der Waals surface area contributed by atoms with E-state index in [1.807, 2.05) is 0 Å². The lowest BCUT2D eigenvalue weighted by Gasteiger charge is -2.44. The van der Waals surface area contributed by atoms with Gasteiger partial charge in [-0.2, -0.15) is 10.4 Å². The number of aromatic amines is 1. The van der Waals surface area contributed by atoms with Crippen LogP contribution in [-0.2, 0) is 0 Å². The molecule has 0 radical (unpaired) electrons. The molecule has 2 saturated carbocycles. The maximum atomic E-state index is 15.1. The van der Waals surface area contributed by atoms with Crippen LogP contribution in [0.3, 0.4) is 0 Å². The maximum absolute atomic E-state index is 15.1. The third-order valence-electron chi connectivity index (χ3n) is 7.28. The summed E-state index contributed by atoms with van der Waals surface area (Å²) in [5.74, 6) is -1.04. The Hall–Kier alpha value is -3.01. The van der Waals surface area contributed by atoms with Crippen molar-refractivity contribution in [2.45, 2.75) is 31.2 Å². The minimum Gasteiger partial charge on any atom is -0.375 e. The van der Waals surface area contributed by atoms with Gasteiger partial charge in [0.1, 0.15) is 23.5 Å². The molecular formula is C22H17F3N4. The highest BCUT2D eigenvalue weighted by atomic mass is 19.1. The van der Waals surface area contributed by atoms with Gasteiger partial charge in [0, 0.05) is 23.1 Å². The number of rotatable bonds is 1. The van der Waals surface area contributed by atoms with Crippen LogP contribution in [0.25, 0.3) is 10.9 Å². The number of halogens is 3. The predicted octanol–water partition coefficient (Wildman–Crippen LogP) is 5.15. The van der Waals surface area contributed by atoms with Gasteiger partial charge in [-0.15, -0.1) is 0 Å². The summed E-state index contributed by atoms with van der Waals surface area (Å²) in [5, 5.41) is 20.3. The monoisotopic (exact) mass is 394 g/mol. The van der Waals surface area contributed by atoms with E-state index in [1.165, 1.54) is 12.1 Å². The molecule has 1 aromatic heterocycles. The molecule has 0 spiro atoms. The summed E-state index contributed by atoms with van der Waals surface area (Å²) in [6, 6.07) is 4.74. The Kier molecular flexibility index (Phi) is 3.35. The minimum atomic E-state index is -0.874. The number of anilines is 1. The van der Waals surface area contributed by atoms with Crippen LogP contribution in [0.2, 0.25) is 0 Å². The first-order valence-electron chi connectivity index (χ1n) is 9.88. The van der Waals surface area contributed by atoms with Crippen molar-refractivity contribution in [3.05, 3.63) is 58.5 Å². The largest absolute Gasteiger partial charge is 0.375 e. The molecule has 3 aliphatic rings. The Bertz CT molecular complexity index is 1210. The van der Waals surface area contributed by atoms with E-state index in [0.29, 0.717) is 23.0 Å². The number of fused-ring (bicyclic) bond motifs is 9.